The fraction of sp³-hybridized carbons (Fsp3) is 0.333. The third-order valence-corrected chi connectivity index (χ3v) is 7.34. The second-order valence-corrected chi connectivity index (χ2v) is 9.14. The van der Waals surface area contributed by atoms with Crippen LogP contribution in [-0.2, 0) is 0 Å². The van der Waals surface area contributed by atoms with Crippen LogP contribution in [0.1, 0.15) is 19.8 Å². The Bertz CT molecular complexity index is 372. The zero-order chi connectivity index (χ0) is 9.80. The Balaban J connectivity index is 2.11. The number of hydrogen-bond donors (Lipinski definition) is 0. The van der Waals surface area contributed by atoms with Gasteiger partial charge in [0.05, 0.1) is 0 Å². The molecule has 0 aliphatic rings. The van der Waals surface area contributed by atoms with Gasteiger partial charge in [-0.05, 0) is 0 Å². The van der Waals surface area contributed by atoms with Crippen molar-refractivity contribution in [2.75, 3.05) is 0 Å². The van der Waals surface area contributed by atoms with Gasteiger partial charge >= 0.3 is 94.8 Å². The topological polar surface area (TPSA) is 13.1 Å². The van der Waals surface area contributed by atoms with E-state index in [1.165, 1.54) is 26.4 Å². The van der Waals surface area contributed by atoms with Crippen molar-refractivity contribution in [2.45, 2.75) is 24.2 Å². The van der Waals surface area contributed by atoms with E-state index in [2.05, 4.69) is 31.2 Å². The summed E-state index contributed by atoms with van der Waals surface area (Å²) in [5, 5.41) is 1.27. The number of furan rings is 1. The summed E-state index contributed by atoms with van der Waals surface area (Å²) in [6.07, 6.45) is 2.70. The molecule has 0 radical (unpaired) electrons. The second kappa shape index (κ2) is 4.87. The van der Waals surface area contributed by atoms with Crippen molar-refractivity contribution in [1.29, 1.82) is 0 Å². The number of hydrogen-bond acceptors (Lipinski definition) is 1. The molecule has 2 rings (SSSR count). The number of fused-ring (bicyclic) bond motifs is 1. The van der Waals surface area contributed by atoms with Crippen molar-refractivity contribution in [3.05, 3.63) is 30.3 Å². The zero-order valence-corrected chi connectivity index (χ0v) is 12.7. The monoisotopic (exact) mass is 296 g/mol. The van der Waals surface area contributed by atoms with E-state index in [4.69, 9.17) is 4.42 Å². The summed E-state index contributed by atoms with van der Waals surface area (Å²) in [4.78, 5) is 0. The standard InChI is InChI=1S/C8H5O.C4H9.Sn.2H/c1-2-4-8-7(3-1)5-6-9-8;1-3-4-2;;;/h1-5H;1,3-4H2,2H3;;;. The number of rotatable bonds is 4. The molecule has 0 saturated carbocycles. The first-order valence-corrected chi connectivity index (χ1v) is 10.2. The Morgan fingerprint density at radius 1 is 1.29 bits per heavy atom. The average Bonchev–Trinajstić information content (AvgIpc) is 2.60. The maximum absolute atomic E-state index is 5.81. The van der Waals surface area contributed by atoms with Crippen molar-refractivity contribution in [2.24, 2.45) is 0 Å². The molecule has 2 aromatic rings. The van der Waals surface area contributed by atoms with Crippen LogP contribution in [0, 0.1) is 0 Å². The normalized spacial score (nSPS) is 11.8. The number of benzene rings is 1. The number of para-hydroxylation sites is 1. The van der Waals surface area contributed by atoms with Gasteiger partial charge in [0.1, 0.15) is 0 Å². The third-order valence-electron chi connectivity index (χ3n) is 2.50. The van der Waals surface area contributed by atoms with Gasteiger partial charge in [0.2, 0.25) is 0 Å². The van der Waals surface area contributed by atoms with Gasteiger partial charge in [-0.2, -0.15) is 0 Å². The molecule has 0 N–H and O–H groups in total. The molecule has 0 aliphatic carbocycles. The Labute approximate surface area is 94.7 Å². The summed E-state index contributed by atoms with van der Waals surface area (Å²) in [5.74, 6) is 0. The van der Waals surface area contributed by atoms with Crippen LogP contribution in [-0.4, -0.2) is 21.1 Å². The summed E-state index contributed by atoms with van der Waals surface area (Å²) < 4.78 is 8.59. The first-order valence-electron chi connectivity index (χ1n) is 5.37. The Kier molecular flexibility index (Phi) is 3.51. The molecule has 74 valence electrons. The van der Waals surface area contributed by atoms with E-state index in [9.17, 15) is 0 Å². The van der Waals surface area contributed by atoms with Crippen molar-refractivity contribution >= 4 is 35.9 Å². The van der Waals surface area contributed by atoms with Crippen molar-refractivity contribution in [1.82, 2.24) is 0 Å². The fourth-order valence-corrected chi connectivity index (χ4v) is 6.62. The summed E-state index contributed by atoms with van der Waals surface area (Å²) in [6.45, 7) is 2.25. The molecule has 1 aromatic heterocycles. The van der Waals surface area contributed by atoms with E-state index >= 15 is 0 Å². The van der Waals surface area contributed by atoms with Gasteiger partial charge in [-0.3, -0.25) is 0 Å². The van der Waals surface area contributed by atoms with E-state index in [0.717, 1.165) is 5.58 Å². The van der Waals surface area contributed by atoms with Crippen LogP contribution in [0.2, 0.25) is 4.44 Å². The Morgan fingerprint density at radius 3 is 2.93 bits per heavy atom. The first kappa shape index (κ1) is 10.1. The second-order valence-electron chi connectivity index (χ2n) is 3.71. The van der Waals surface area contributed by atoms with Crippen LogP contribution in [0.25, 0.3) is 11.0 Å². The van der Waals surface area contributed by atoms with Crippen LogP contribution in [0.3, 0.4) is 0 Å². The quantitative estimate of drug-likeness (QED) is 0.624. The first-order chi connectivity index (χ1) is 6.90. The summed E-state index contributed by atoms with van der Waals surface area (Å²) in [6, 6.07) is 10.6. The number of unbranched alkanes of at least 4 members (excludes halogenated alkanes) is 1. The molecule has 0 amide bonds. The van der Waals surface area contributed by atoms with Gasteiger partial charge in [0, 0.05) is 0 Å². The summed E-state index contributed by atoms with van der Waals surface area (Å²) in [5.41, 5.74) is 1.07. The molecule has 1 aromatic carbocycles. The molecule has 0 saturated heterocycles. The van der Waals surface area contributed by atoms with Gasteiger partial charge in [0.25, 0.3) is 0 Å². The molecule has 0 aliphatic heterocycles. The molecule has 0 bridgehead atoms. The SMILES string of the molecule is CCC[CH2][SnH2][c]1cc2ccccc2o1. The molecule has 0 unspecified atom stereocenters. The zero-order valence-electron chi connectivity index (χ0n) is 8.62. The Morgan fingerprint density at radius 2 is 2.14 bits per heavy atom. The predicted molar refractivity (Wildman–Crippen MR) is 64.1 cm³/mol. The van der Waals surface area contributed by atoms with Crippen molar-refractivity contribution in [3.8, 4) is 0 Å². The molecule has 0 atom stereocenters. The molecule has 1 nitrogen and oxygen atoms in total. The van der Waals surface area contributed by atoms with E-state index in [1.54, 1.807) is 0 Å². The molecule has 0 spiro atoms. The molecule has 0 fully saturated rings. The van der Waals surface area contributed by atoms with E-state index in [-0.39, 0.29) is 0 Å². The molecule has 2 heteroatoms. The minimum atomic E-state index is -0.773. The minimum absolute atomic E-state index is 0.773. The van der Waals surface area contributed by atoms with Crippen LogP contribution in [0.15, 0.2) is 34.7 Å². The van der Waals surface area contributed by atoms with Crippen LogP contribution in [0.4, 0.5) is 0 Å². The average molecular weight is 295 g/mol. The van der Waals surface area contributed by atoms with Gasteiger partial charge in [0.15, 0.2) is 0 Å². The summed E-state index contributed by atoms with van der Waals surface area (Å²) in [7, 11) is 0. The van der Waals surface area contributed by atoms with Crippen molar-refractivity contribution in [3.63, 3.8) is 0 Å². The van der Waals surface area contributed by atoms with Gasteiger partial charge in [-0.25, -0.2) is 0 Å². The van der Waals surface area contributed by atoms with Crippen LogP contribution < -0.4 is 3.78 Å². The molecular formula is C12H16OSn. The summed E-state index contributed by atoms with van der Waals surface area (Å²) >= 11 is -0.773. The fourth-order valence-electron chi connectivity index (χ4n) is 1.71. The molecular weight excluding hydrogens is 279 g/mol. The van der Waals surface area contributed by atoms with Gasteiger partial charge < -0.3 is 0 Å². The third kappa shape index (κ3) is 2.32. The van der Waals surface area contributed by atoms with Gasteiger partial charge in [-0.1, -0.05) is 0 Å². The van der Waals surface area contributed by atoms with Gasteiger partial charge in [-0.15, -0.1) is 0 Å². The van der Waals surface area contributed by atoms with Crippen LogP contribution in [0.5, 0.6) is 0 Å². The van der Waals surface area contributed by atoms with Crippen LogP contribution >= 0.6 is 0 Å². The Hall–Kier alpha value is -0.441. The van der Waals surface area contributed by atoms with E-state index in [0.29, 0.717) is 0 Å². The van der Waals surface area contributed by atoms with E-state index in [1.807, 2.05) is 6.07 Å². The maximum atomic E-state index is 5.81. The van der Waals surface area contributed by atoms with E-state index < -0.39 is 21.1 Å². The molecule has 1 heterocycles. The van der Waals surface area contributed by atoms with Crippen molar-refractivity contribution < 1.29 is 4.42 Å². The molecule has 14 heavy (non-hydrogen) atoms. The predicted octanol–water partition coefficient (Wildman–Crippen LogP) is 2.45.